The van der Waals surface area contributed by atoms with Crippen LogP contribution in [0.4, 0.5) is 0 Å². The minimum Gasteiger partial charge on any atom is -0.479 e. The number of aliphatic hydroxyl groups excluding tert-OH is 3. The van der Waals surface area contributed by atoms with Crippen molar-refractivity contribution in [2.45, 2.75) is 44.1 Å². The third kappa shape index (κ3) is 2.50. The van der Waals surface area contributed by atoms with Crippen LogP contribution in [0.5, 0.6) is 0 Å². The van der Waals surface area contributed by atoms with Gasteiger partial charge in [0.1, 0.15) is 0 Å². The van der Waals surface area contributed by atoms with Crippen molar-refractivity contribution in [2.75, 3.05) is 6.61 Å². The lowest BCUT2D eigenvalue weighted by Gasteiger charge is -2.35. The van der Waals surface area contributed by atoms with Crippen LogP contribution in [-0.4, -0.2) is 63.7 Å². The first-order valence-electron chi connectivity index (χ1n) is 5.96. The molecule has 104 valence electrons. The van der Waals surface area contributed by atoms with Crippen LogP contribution < -0.4 is 0 Å². The fraction of sp³-hybridized carbons (Fsp3) is 0.909. The maximum Gasteiger partial charge on any atom is 0.333 e. The van der Waals surface area contributed by atoms with Crippen molar-refractivity contribution in [1.82, 2.24) is 0 Å². The predicted octanol–water partition coefficient (Wildman–Crippen LogP) is -1.45. The Bertz CT molecular complexity index is 321. The molecule has 7 nitrogen and oxygen atoms in total. The first-order chi connectivity index (χ1) is 8.45. The van der Waals surface area contributed by atoms with Gasteiger partial charge < -0.3 is 29.9 Å². The highest BCUT2D eigenvalue weighted by atomic mass is 16.7. The van der Waals surface area contributed by atoms with Crippen molar-refractivity contribution in [1.29, 1.82) is 0 Å². The van der Waals surface area contributed by atoms with E-state index in [0.29, 0.717) is 0 Å². The summed E-state index contributed by atoms with van der Waals surface area (Å²) in [5.74, 6) is -2.02. The number of aliphatic carboxylic acids is 1. The number of rotatable bonds is 4. The molecule has 18 heavy (non-hydrogen) atoms. The average molecular weight is 262 g/mol. The van der Waals surface area contributed by atoms with Gasteiger partial charge in [-0.3, -0.25) is 0 Å². The molecular weight excluding hydrogens is 244 g/mol. The molecule has 2 fully saturated rings. The fourth-order valence-corrected chi connectivity index (χ4v) is 2.22. The molecule has 2 aliphatic rings. The van der Waals surface area contributed by atoms with Gasteiger partial charge in [0.05, 0.1) is 24.9 Å². The Kier molecular flexibility index (Phi) is 3.88. The molecule has 7 heteroatoms. The molecule has 1 heterocycles. The number of aliphatic hydroxyl groups is 3. The predicted molar refractivity (Wildman–Crippen MR) is 57.5 cm³/mol. The second-order valence-electron chi connectivity index (χ2n) is 4.92. The number of carboxylic acid groups (broad SMARTS) is 1. The molecule has 1 saturated carbocycles. The summed E-state index contributed by atoms with van der Waals surface area (Å²) in [5.41, 5.74) is 0. The van der Waals surface area contributed by atoms with Crippen LogP contribution in [0.1, 0.15) is 13.3 Å². The number of carbonyl (C=O) groups is 1. The van der Waals surface area contributed by atoms with Crippen molar-refractivity contribution >= 4 is 5.97 Å². The van der Waals surface area contributed by atoms with Crippen molar-refractivity contribution in [2.24, 2.45) is 11.8 Å². The van der Waals surface area contributed by atoms with E-state index in [-0.39, 0.29) is 18.9 Å². The van der Waals surface area contributed by atoms with Gasteiger partial charge in [-0.15, -0.1) is 0 Å². The van der Waals surface area contributed by atoms with Crippen molar-refractivity contribution in [3.8, 4) is 0 Å². The minimum absolute atomic E-state index is 0.159. The summed E-state index contributed by atoms with van der Waals surface area (Å²) in [4.78, 5) is 11.0. The van der Waals surface area contributed by atoms with Crippen LogP contribution in [-0.2, 0) is 14.3 Å². The van der Waals surface area contributed by atoms with Crippen LogP contribution in [0.15, 0.2) is 0 Å². The van der Waals surface area contributed by atoms with Crippen LogP contribution in [0, 0.1) is 11.8 Å². The summed E-state index contributed by atoms with van der Waals surface area (Å²) in [5, 5.41) is 37.0. The van der Waals surface area contributed by atoms with Gasteiger partial charge in [-0.2, -0.15) is 0 Å². The lowest BCUT2D eigenvalue weighted by atomic mass is 9.93. The van der Waals surface area contributed by atoms with E-state index in [1.54, 1.807) is 6.92 Å². The molecule has 0 bridgehead atoms. The Balaban J connectivity index is 1.92. The fourth-order valence-electron chi connectivity index (χ4n) is 2.22. The van der Waals surface area contributed by atoms with E-state index >= 15 is 0 Å². The third-order valence-electron chi connectivity index (χ3n) is 3.64. The molecule has 0 radical (unpaired) electrons. The molecule has 0 amide bonds. The van der Waals surface area contributed by atoms with Crippen molar-refractivity contribution < 1.29 is 34.7 Å². The quantitative estimate of drug-likeness (QED) is 0.490. The zero-order valence-electron chi connectivity index (χ0n) is 9.97. The Morgan fingerprint density at radius 3 is 2.61 bits per heavy atom. The van der Waals surface area contributed by atoms with Crippen LogP contribution in [0.25, 0.3) is 0 Å². The highest BCUT2D eigenvalue weighted by Gasteiger charge is 2.52. The number of ether oxygens (including phenoxy) is 2. The molecule has 2 rings (SSSR count). The third-order valence-corrected chi connectivity index (χ3v) is 3.64. The summed E-state index contributed by atoms with van der Waals surface area (Å²) in [6, 6.07) is 0. The molecule has 0 aromatic rings. The molecule has 7 unspecified atom stereocenters. The second kappa shape index (κ2) is 5.10. The first-order valence-corrected chi connectivity index (χ1v) is 5.96. The van der Waals surface area contributed by atoms with Gasteiger partial charge in [0.2, 0.25) is 0 Å². The maximum atomic E-state index is 11.0. The Morgan fingerprint density at radius 1 is 1.44 bits per heavy atom. The van der Waals surface area contributed by atoms with Gasteiger partial charge in [0.15, 0.2) is 12.4 Å². The molecule has 0 aromatic carbocycles. The average Bonchev–Trinajstić information content (AvgIpc) is 2.92. The smallest absolute Gasteiger partial charge is 0.333 e. The minimum atomic E-state index is -1.15. The van der Waals surface area contributed by atoms with E-state index < -0.39 is 42.6 Å². The van der Waals surface area contributed by atoms with Crippen LogP contribution >= 0.6 is 0 Å². The molecule has 0 aromatic heterocycles. The zero-order chi connectivity index (χ0) is 13.4. The van der Waals surface area contributed by atoms with Crippen LogP contribution in [0.3, 0.4) is 0 Å². The van der Waals surface area contributed by atoms with Gasteiger partial charge in [-0.25, -0.2) is 4.79 Å². The van der Waals surface area contributed by atoms with E-state index in [1.807, 2.05) is 0 Å². The monoisotopic (exact) mass is 262 g/mol. The Hall–Kier alpha value is -0.730. The second-order valence-corrected chi connectivity index (χ2v) is 4.92. The molecule has 1 aliphatic carbocycles. The normalized spacial score (nSPS) is 47.9. The topological polar surface area (TPSA) is 116 Å². The van der Waals surface area contributed by atoms with Crippen molar-refractivity contribution in [3.63, 3.8) is 0 Å². The van der Waals surface area contributed by atoms with Gasteiger partial charge in [0, 0.05) is 18.3 Å². The highest BCUT2D eigenvalue weighted by Crippen LogP contribution is 2.37. The summed E-state index contributed by atoms with van der Waals surface area (Å²) in [6.45, 7) is 1.40. The van der Waals surface area contributed by atoms with E-state index in [9.17, 15) is 15.0 Å². The molecule has 1 aliphatic heterocycles. The summed E-state index contributed by atoms with van der Waals surface area (Å²) >= 11 is 0. The standard InChI is InChI=1S/C11H18O7/c1-4-6(13)2-7(17-9(4)11(15)16)18-10-5(3-12)8(10)14/h4-10,12-14H,2-3H2,1H3,(H,15,16). The van der Waals surface area contributed by atoms with E-state index in [4.69, 9.17) is 19.7 Å². The summed E-state index contributed by atoms with van der Waals surface area (Å²) < 4.78 is 10.6. The number of carboxylic acids is 1. The van der Waals surface area contributed by atoms with E-state index in [0.717, 1.165) is 0 Å². The van der Waals surface area contributed by atoms with E-state index in [2.05, 4.69) is 0 Å². The van der Waals surface area contributed by atoms with Gasteiger partial charge in [-0.1, -0.05) is 6.92 Å². The lowest BCUT2D eigenvalue weighted by Crippen LogP contribution is -2.48. The number of hydrogen-bond donors (Lipinski definition) is 4. The van der Waals surface area contributed by atoms with Gasteiger partial charge in [0.25, 0.3) is 0 Å². The van der Waals surface area contributed by atoms with E-state index in [1.165, 1.54) is 0 Å². The first kappa shape index (κ1) is 13.7. The molecule has 1 saturated heterocycles. The molecule has 7 atom stereocenters. The zero-order valence-corrected chi connectivity index (χ0v) is 9.97. The van der Waals surface area contributed by atoms with Gasteiger partial charge >= 0.3 is 5.97 Å². The molecule has 0 spiro atoms. The number of hydrogen-bond acceptors (Lipinski definition) is 6. The lowest BCUT2D eigenvalue weighted by molar-refractivity contribution is -0.244. The Labute approximate surface area is 104 Å². The van der Waals surface area contributed by atoms with Crippen LogP contribution in [0.2, 0.25) is 0 Å². The van der Waals surface area contributed by atoms with Crippen molar-refractivity contribution in [3.05, 3.63) is 0 Å². The summed E-state index contributed by atoms with van der Waals surface area (Å²) in [6.07, 6.45) is -3.95. The highest BCUT2D eigenvalue weighted by molar-refractivity contribution is 5.72. The Morgan fingerprint density at radius 2 is 2.11 bits per heavy atom. The van der Waals surface area contributed by atoms with Gasteiger partial charge in [-0.05, 0) is 0 Å². The largest absolute Gasteiger partial charge is 0.479 e. The molecule has 4 N–H and O–H groups in total. The summed E-state index contributed by atoms with van der Waals surface area (Å²) in [7, 11) is 0. The molecular formula is C11H18O7. The SMILES string of the molecule is CC1C(O)CC(OC2C(O)C2CO)OC1C(=O)O. The maximum absolute atomic E-state index is 11.0.